The summed E-state index contributed by atoms with van der Waals surface area (Å²) < 4.78 is 13.1. The molecule has 0 radical (unpaired) electrons. The van der Waals surface area contributed by atoms with Gasteiger partial charge in [-0.2, -0.15) is 0 Å². The van der Waals surface area contributed by atoms with E-state index in [1.54, 1.807) is 12.1 Å². The van der Waals surface area contributed by atoms with Crippen LogP contribution >= 0.6 is 35.8 Å². The van der Waals surface area contributed by atoms with Crippen molar-refractivity contribution in [3.8, 4) is 0 Å². The molecule has 2 nitrogen and oxygen atoms in total. The Labute approximate surface area is 124 Å². The number of carbonyl (C=O) groups excluding carboxylic acids is 1. The summed E-state index contributed by atoms with van der Waals surface area (Å²) in [4.78, 5) is 12.1. The first-order valence-corrected chi connectivity index (χ1v) is 6.42. The molecule has 19 heavy (non-hydrogen) atoms. The number of thiol groups is 1. The van der Waals surface area contributed by atoms with Crippen LogP contribution in [0.15, 0.2) is 41.3 Å². The van der Waals surface area contributed by atoms with Gasteiger partial charge in [0.2, 0.25) is 0 Å². The third kappa shape index (κ3) is 3.41. The van der Waals surface area contributed by atoms with Crippen LogP contribution in [0.2, 0.25) is 10.0 Å². The van der Waals surface area contributed by atoms with E-state index in [0.717, 1.165) is 0 Å². The molecule has 0 unspecified atom stereocenters. The van der Waals surface area contributed by atoms with Gasteiger partial charge in [-0.05, 0) is 36.4 Å². The zero-order chi connectivity index (χ0) is 14.0. The Kier molecular flexibility index (Phi) is 4.34. The fraction of sp³-hybridized carbons (Fsp3) is 0. The van der Waals surface area contributed by atoms with E-state index in [9.17, 15) is 9.18 Å². The molecule has 0 aliphatic rings. The van der Waals surface area contributed by atoms with Crippen molar-refractivity contribution in [2.45, 2.75) is 4.90 Å². The van der Waals surface area contributed by atoms with E-state index in [-0.39, 0.29) is 10.5 Å². The molecule has 0 saturated heterocycles. The number of nitrogens with one attached hydrogen (secondary N) is 1. The average molecular weight is 316 g/mol. The number of hydrogen-bond donors (Lipinski definition) is 2. The van der Waals surface area contributed by atoms with Crippen molar-refractivity contribution in [2.24, 2.45) is 0 Å². The molecular formula is C13H8Cl2FNOS. The standard InChI is InChI=1S/C13H8Cl2FNOS/c14-8-2-4-11(9(15)6-8)17-13(18)7-1-3-10(16)12(19)5-7/h1-6,19H,(H,17,18). The number of rotatable bonds is 2. The lowest BCUT2D eigenvalue weighted by Gasteiger charge is -2.08. The summed E-state index contributed by atoms with van der Waals surface area (Å²) >= 11 is 15.6. The molecule has 2 rings (SSSR count). The molecule has 0 spiro atoms. The SMILES string of the molecule is O=C(Nc1ccc(Cl)cc1Cl)c1ccc(F)c(S)c1. The Morgan fingerprint density at radius 3 is 2.53 bits per heavy atom. The van der Waals surface area contributed by atoms with Crippen LogP contribution in [0.4, 0.5) is 10.1 Å². The summed E-state index contributed by atoms with van der Waals surface area (Å²) in [6, 6.07) is 8.62. The highest BCUT2D eigenvalue weighted by atomic mass is 35.5. The van der Waals surface area contributed by atoms with E-state index < -0.39 is 11.7 Å². The maximum atomic E-state index is 13.1. The molecule has 0 aliphatic carbocycles. The van der Waals surface area contributed by atoms with Crippen LogP contribution in [0.1, 0.15) is 10.4 Å². The molecule has 0 fully saturated rings. The lowest BCUT2D eigenvalue weighted by molar-refractivity contribution is 0.102. The lowest BCUT2D eigenvalue weighted by atomic mass is 10.2. The van der Waals surface area contributed by atoms with Crippen LogP contribution in [0, 0.1) is 5.82 Å². The third-order valence-corrected chi connectivity index (χ3v) is 3.28. The highest BCUT2D eigenvalue weighted by Crippen LogP contribution is 2.26. The van der Waals surface area contributed by atoms with Crippen molar-refractivity contribution in [1.82, 2.24) is 0 Å². The molecule has 0 aliphatic heterocycles. The number of hydrogen-bond acceptors (Lipinski definition) is 2. The van der Waals surface area contributed by atoms with Gasteiger partial charge in [-0.25, -0.2) is 4.39 Å². The summed E-state index contributed by atoms with van der Waals surface area (Å²) in [6.07, 6.45) is 0. The minimum absolute atomic E-state index is 0.106. The van der Waals surface area contributed by atoms with Gasteiger partial charge in [0, 0.05) is 15.5 Å². The van der Waals surface area contributed by atoms with Crippen molar-refractivity contribution in [3.05, 3.63) is 57.8 Å². The monoisotopic (exact) mass is 315 g/mol. The second-order valence-corrected chi connectivity index (χ2v) is 5.07. The zero-order valence-electron chi connectivity index (χ0n) is 9.45. The normalized spacial score (nSPS) is 10.3. The van der Waals surface area contributed by atoms with E-state index in [1.165, 1.54) is 24.3 Å². The second kappa shape index (κ2) is 5.82. The van der Waals surface area contributed by atoms with Gasteiger partial charge in [0.05, 0.1) is 10.7 Å². The first-order chi connectivity index (χ1) is 8.97. The molecule has 98 valence electrons. The van der Waals surface area contributed by atoms with E-state index in [0.29, 0.717) is 15.7 Å². The highest BCUT2D eigenvalue weighted by molar-refractivity contribution is 7.80. The topological polar surface area (TPSA) is 29.1 Å². The highest BCUT2D eigenvalue weighted by Gasteiger charge is 2.10. The van der Waals surface area contributed by atoms with Crippen molar-refractivity contribution in [1.29, 1.82) is 0 Å². The van der Waals surface area contributed by atoms with Crippen LogP contribution in [0.25, 0.3) is 0 Å². The van der Waals surface area contributed by atoms with Crippen molar-refractivity contribution >= 4 is 47.4 Å². The molecule has 1 amide bonds. The van der Waals surface area contributed by atoms with Gasteiger partial charge in [0.25, 0.3) is 5.91 Å². The third-order valence-electron chi connectivity index (χ3n) is 2.39. The quantitative estimate of drug-likeness (QED) is 0.774. The van der Waals surface area contributed by atoms with Gasteiger partial charge in [-0.15, -0.1) is 12.6 Å². The Hall–Kier alpha value is -1.23. The molecule has 0 bridgehead atoms. The van der Waals surface area contributed by atoms with Gasteiger partial charge in [-0.1, -0.05) is 23.2 Å². The predicted molar refractivity (Wildman–Crippen MR) is 78.1 cm³/mol. The summed E-state index contributed by atoms with van der Waals surface area (Å²) in [7, 11) is 0. The van der Waals surface area contributed by atoms with Crippen LogP contribution in [0.3, 0.4) is 0 Å². The molecule has 0 saturated carbocycles. The maximum Gasteiger partial charge on any atom is 0.255 e. The maximum absolute atomic E-state index is 13.1. The minimum atomic E-state index is -0.482. The largest absolute Gasteiger partial charge is 0.321 e. The Bertz CT molecular complexity index is 649. The first-order valence-electron chi connectivity index (χ1n) is 5.22. The van der Waals surface area contributed by atoms with E-state index >= 15 is 0 Å². The predicted octanol–water partition coefficient (Wildman–Crippen LogP) is 4.67. The van der Waals surface area contributed by atoms with E-state index in [2.05, 4.69) is 17.9 Å². The van der Waals surface area contributed by atoms with Crippen LogP contribution < -0.4 is 5.32 Å². The van der Waals surface area contributed by atoms with Crippen LogP contribution in [0.5, 0.6) is 0 Å². The molecule has 1 N–H and O–H groups in total. The van der Waals surface area contributed by atoms with E-state index in [1.807, 2.05) is 0 Å². The smallest absolute Gasteiger partial charge is 0.255 e. The molecule has 0 heterocycles. The number of benzene rings is 2. The molecular weight excluding hydrogens is 308 g/mol. The van der Waals surface area contributed by atoms with Gasteiger partial charge in [0.1, 0.15) is 5.82 Å². The minimum Gasteiger partial charge on any atom is -0.321 e. The summed E-state index contributed by atoms with van der Waals surface area (Å²) in [5, 5.41) is 3.42. The van der Waals surface area contributed by atoms with Gasteiger partial charge in [0.15, 0.2) is 0 Å². The fourth-order valence-corrected chi connectivity index (χ4v) is 2.11. The number of anilines is 1. The Morgan fingerprint density at radius 1 is 1.16 bits per heavy atom. The lowest BCUT2D eigenvalue weighted by Crippen LogP contribution is -2.12. The van der Waals surface area contributed by atoms with Crippen LogP contribution in [-0.4, -0.2) is 5.91 Å². The number of halogens is 3. The Balaban J connectivity index is 2.23. The van der Waals surface area contributed by atoms with Crippen LogP contribution in [-0.2, 0) is 0 Å². The van der Waals surface area contributed by atoms with Crippen molar-refractivity contribution in [3.63, 3.8) is 0 Å². The molecule has 2 aromatic carbocycles. The summed E-state index contributed by atoms with van der Waals surface area (Å²) in [6.45, 7) is 0. The molecule has 2 aromatic rings. The fourth-order valence-electron chi connectivity index (χ4n) is 1.44. The second-order valence-electron chi connectivity index (χ2n) is 3.74. The van der Waals surface area contributed by atoms with Gasteiger partial charge < -0.3 is 5.32 Å². The number of carbonyl (C=O) groups is 1. The first kappa shape index (κ1) is 14.2. The molecule has 6 heteroatoms. The Morgan fingerprint density at radius 2 is 1.89 bits per heavy atom. The van der Waals surface area contributed by atoms with E-state index in [4.69, 9.17) is 23.2 Å². The van der Waals surface area contributed by atoms with Crippen molar-refractivity contribution < 1.29 is 9.18 Å². The van der Waals surface area contributed by atoms with Gasteiger partial charge >= 0.3 is 0 Å². The zero-order valence-corrected chi connectivity index (χ0v) is 11.9. The average Bonchev–Trinajstić information content (AvgIpc) is 2.36. The molecule has 0 aromatic heterocycles. The summed E-state index contributed by atoms with van der Waals surface area (Å²) in [5.74, 6) is -0.885. The number of amides is 1. The van der Waals surface area contributed by atoms with Gasteiger partial charge in [-0.3, -0.25) is 4.79 Å². The molecule has 0 atom stereocenters. The summed E-state index contributed by atoms with van der Waals surface area (Å²) in [5.41, 5.74) is 0.721. The van der Waals surface area contributed by atoms with Crippen molar-refractivity contribution in [2.75, 3.05) is 5.32 Å².